The molecule has 1 aromatic carbocycles. The maximum Gasteiger partial charge on any atom is 0.123 e. The second-order valence-corrected chi connectivity index (χ2v) is 3.63. The van der Waals surface area contributed by atoms with Gasteiger partial charge in [0.05, 0.1) is 20.3 Å². The Hall–Kier alpha value is -1.06. The van der Waals surface area contributed by atoms with Crippen molar-refractivity contribution in [2.24, 2.45) is 0 Å². The van der Waals surface area contributed by atoms with Crippen molar-refractivity contribution in [3.8, 4) is 5.75 Å². The summed E-state index contributed by atoms with van der Waals surface area (Å²) in [5.41, 5.74) is 1.22. The topological polar surface area (TPSA) is 21.7 Å². The molecule has 1 heterocycles. The molecule has 0 N–H and O–H groups in total. The Labute approximate surface area is 90.6 Å². The smallest absolute Gasteiger partial charge is 0.123 e. The van der Waals surface area contributed by atoms with Gasteiger partial charge in [-0.05, 0) is 12.1 Å². The quantitative estimate of drug-likeness (QED) is 0.744. The van der Waals surface area contributed by atoms with Crippen LogP contribution in [0.5, 0.6) is 5.75 Å². The van der Waals surface area contributed by atoms with Crippen molar-refractivity contribution in [1.29, 1.82) is 0 Å². The van der Waals surface area contributed by atoms with E-state index in [4.69, 9.17) is 9.47 Å². The minimum atomic E-state index is 0.835. The molecule has 3 nitrogen and oxygen atoms in total. The highest BCUT2D eigenvalue weighted by molar-refractivity contribution is 5.32. The SMILES string of the molecule is COc1c[c]ccc1CN1CCOCC1. The van der Waals surface area contributed by atoms with Gasteiger partial charge in [-0.25, -0.2) is 0 Å². The zero-order valence-corrected chi connectivity index (χ0v) is 9.03. The molecule has 1 aromatic rings. The molecule has 1 radical (unpaired) electrons. The van der Waals surface area contributed by atoms with E-state index in [9.17, 15) is 0 Å². The number of rotatable bonds is 3. The van der Waals surface area contributed by atoms with Crippen molar-refractivity contribution in [1.82, 2.24) is 4.90 Å². The van der Waals surface area contributed by atoms with Crippen LogP contribution in [0.4, 0.5) is 0 Å². The Kier molecular flexibility index (Phi) is 3.59. The highest BCUT2D eigenvalue weighted by atomic mass is 16.5. The molecule has 0 aromatic heterocycles. The molecule has 3 heteroatoms. The fourth-order valence-electron chi connectivity index (χ4n) is 1.77. The second-order valence-electron chi connectivity index (χ2n) is 3.63. The van der Waals surface area contributed by atoms with E-state index in [-0.39, 0.29) is 0 Å². The fourth-order valence-corrected chi connectivity index (χ4v) is 1.77. The van der Waals surface area contributed by atoms with Gasteiger partial charge in [-0.3, -0.25) is 4.90 Å². The zero-order chi connectivity index (χ0) is 10.5. The van der Waals surface area contributed by atoms with Crippen molar-refractivity contribution in [3.05, 3.63) is 29.8 Å². The molecule has 0 unspecified atom stereocenters. The van der Waals surface area contributed by atoms with Crippen LogP contribution in [0.2, 0.25) is 0 Å². The molecule has 0 spiro atoms. The van der Waals surface area contributed by atoms with E-state index in [1.807, 2.05) is 12.1 Å². The van der Waals surface area contributed by atoms with Crippen molar-refractivity contribution in [3.63, 3.8) is 0 Å². The largest absolute Gasteiger partial charge is 0.496 e. The van der Waals surface area contributed by atoms with Crippen LogP contribution in [0, 0.1) is 6.07 Å². The lowest BCUT2D eigenvalue weighted by atomic mass is 10.2. The first-order chi connectivity index (χ1) is 7.40. The average Bonchev–Trinajstić information content (AvgIpc) is 2.31. The number of hydrogen-bond donors (Lipinski definition) is 0. The van der Waals surface area contributed by atoms with Gasteiger partial charge in [0.25, 0.3) is 0 Å². The Morgan fingerprint density at radius 3 is 3.00 bits per heavy atom. The summed E-state index contributed by atoms with van der Waals surface area (Å²) in [6, 6.07) is 8.90. The normalized spacial score (nSPS) is 17.7. The van der Waals surface area contributed by atoms with Crippen LogP contribution >= 0.6 is 0 Å². The second kappa shape index (κ2) is 5.14. The summed E-state index contributed by atoms with van der Waals surface area (Å²) in [4.78, 5) is 2.38. The van der Waals surface area contributed by atoms with Gasteiger partial charge in [-0.15, -0.1) is 0 Å². The lowest BCUT2D eigenvalue weighted by Crippen LogP contribution is -2.35. The van der Waals surface area contributed by atoms with Gasteiger partial charge in [0.15, 0.2) is 0 Å². The lowest BCUT2D eigenvalue weighted by Gasteiger charge is -2.27. The Bertz CT molecular complexity index is 308. The first-order valence-electron chi connectivity index (χ1n) is 5.23. The number of ether oxygens (including phenoxy) is 2. The van der Waals surface area contributed by atoms with Crippen LogP contribution in [0.15, 0.2) is 18.2 Å². The first kappa shape index (κ1) is 10.5. The third kappa shape index (κ3) is 2.70. The van der Waals surface area contributed by atoms with Gasteiger partial charge >= 0.3 is 0 Å². The van der Waals surface area contributed by atoms with Crippen LogP contribution in [-0.4, -0.2) is 38.3 Å². The van der Waals surface area contributed by atoms with E-state index < -0.39 is 0 Å². The van der Waals surface area contributed by atoms with Crippen molar-refractivity contribution in [2.75, 3.05) is 33.4 Å². The van der Waals surface area contributed by atoms with Crippen molar-refractivity contribution >= 4 is 0 Å². The molecule has 2 rings (SSSR count). The third-order valence-corrected chi connectivity index (χ3v) is 2.63. The molecule has 1 saturated heterocycles. The number of morpholine rings is 1. The maximum atomic E-state index is 5.31. The van der Waals surface area contributed by atoms with Crippen molar-refractivity contribution in [2.45, 2.75) is 6.54 Å². The van der Waals surface area contributed by atoms with Crippen LogP contribution in [0.3, 0.4) is 0 Å². The maximum absolute atomic E-state index is 5.31. The standard InChI is InChI=1S/C12H16NO2/c1-14-12-5-3-2-4-11(12)10-13-6-8-15-9-7-13/h2,4-5H,6-10H2,1H3. The Morgan fingerprint density at radius 1 is 1.47 bits per heavy atom. The van der Waals surface area contributed by atoms with Gasteiger partial charge in [0, 0.05) is 25.2 Å². The Balaban J connectivity index is 2.02. The monoisotopic (exact) mass is 206 g/mol. The molecule has 1 fully saturated rings. The summed E-state index contributed by atoms with van der Waals surface area (Å²) in [7, 11) is 1.70. The molecule has 0 atom stereocenters. The molecule has 1 aliphatic heterocycles. The van der Waals surface area contributed by atoms with E-state index in [0.29, 0.717) is 0 Å². The zero-order valence-electron chi connectivity index (χ0n) is 9.03. The van der Waals surface area contributed by atoms with E-state index in [1.54, 1.807) is 7.11 Å². The summed E-state index contributed by atoms with van der Waals surface area (Å²) >= 11 is 0. The van der Waals surface area contributed by atoms with E-state index >= 15 is 0 Å². The van der Waals surface area contributed by atoms with Gasteiger partial charge in [0.1, 0.15) is 5.75 Å². The molecular formula is C12H16NO2. The van der Waals surface area contributed by atoms with Gasteiger partial charge < -0.3 is 9.47 Å². The molecule has 15 heavy (non-hydrogen) atoms. The summed E-state index contributed by atoms with van der Waals surface area (Å²) in [6.07, 6.45) is 0. The van der Waals surface area contributed by atoms with Gasteiger partial charge in [0.2, 0.25) is 0 Å². The summed E-state index contributed by atoms with van der Waals surface area (Å²) in [5, 5.41) is 0. The fraction of sp³-hybridized carbons (Fsp3) is 0.500. The number of benzene rings is 1. The summed E-state index contributed by atoms with van der Waals surface area (Å²) in [5.74, 6) is 0.920. The van der Waals surface area contributed by atoms with Crippen LogP contribution in [0.1, 0.15) is 5.56 Å². The molecular weight excluding hydrogens is 190 g/mol. The van der Waals surface area contributed by atoms with Crippen LogP contribution in [-0.2, 0) is 11.3 Å². The minimum Gasteiger partial charge on any atom is -0.496 e. The number of nitrogens with zero attached hydrogens (tertiary/aromatic N) is 1. The van der Waals surface area contributed by atoms with Crippen LogP contribution < -0.4 is 4.74 Å². The van der Waals surface area contributed by atoms with E-state index in [0.717, 1.165) is 38.6 Å². The predicted octanol–water partition coefficient (Wildman–Crippen LogP) is 1.33. The van der Waals surface area contributed by atoms with Gasteiger partial charge in [-0.1, -0.05) is 12.1 Å². The number of methoxy groups -OCH3 is 1. The Morgan fingerprint density at radius 2 is 2.27 bits per heavy atom. The van der Waals surface area contributed by atoms with E-state index in [2.05, 4.69) is 17.0 Å². The highest BCUT2D eigenvalue weighted by Crippen LogP contribution is 2.19. The van der Waals surface area contributed by atoms with Crippen LogP contribution in [0.25, 0.3) is 0 Å². The molecule has 0 bridgehead atoms. The number of hydrogen-bond acceptors (Lipinski definition) is 3. The summed E-state index contributed by atoms with van der Waals surface area (Å²) < 4.78 is 10.6. The molecule has 0 amide bonds. The minimum absolute atomic E-state index is 0.835. The van der Waals surface area contributed by atoms with E-state index in [1.165, 1.54) is 5.56 Å². The first-order valence-corrected chi connectivity index (χ1v) is 5.23. The average molecular weight is 206 g/mol. The predicted molar refractivity (Wildman–Crippen MR) is 57.9 cm³/mol. The van der Waals surface area contributed by atoms with Gasteiger partial charge in [-0.2, -0.15) is 0 Å². The molecule has 1 aliphatic rings. The molecule has 0 aliphatic carbocycles. The lowest BCUT2D eigenvalue weighted by molar-refractivity contribution is 0.0339. The molecule has 0 saturated carbocycles. The highest BCUT2D eigenvalue weighted by Gasteiger charge is 2.12. The third-order valence-electron chi connectivity index (χ3n) is 2.63. The summed E-state index contributed by atoms with van der Waals surface area (Å²) in [6.45, 7) is 4.60. The molecule has 81 valence electrons. The van der Waals surface area contributed by atoms with Crippen molar-refractivity contribution < 1.29 is 9.47 Å².